The molecule has 1 N–H and O–H groups in total. The van der Waals surface area contributed by atoms with E-state index in [0.717, 1.165) is 13.0 Å². The summed E-state index contributed by atoms with van der Waals surface area (Å²) in [6.45, 7) is 4.99. The number of urea groups is 1. The number of hydrogen-bond donors (Lipinski definition) is 1. The highest BCUT2D eigenvalue weighted by Gasteiger charge is 2.25. The minimum Gasteiger partial charge on any atom is -0.335 e. The van der Waals surface area contributed by atoms with E-state index in [-0.39, 0.29) is 6.03 Å². The fraction of sp³-hybridized carbons (Fsp3) is 0.917. The highest BCUT2D eigenvalue weighted by atomic mass is 16.2. The minimum atomic E-state index is 0.0860. The molecule has 3 heteroatoms. The molecule has 1 fully saturated rings. The smallest absolute Gasteiger partial charge is 0.317 e. The summed E-state index contributed by atoms with van der Waals surface area (Å²) >= 11 is 0. The second-order valence-electron chi connectivity index (χ2n) is 4.52. The van der Waals surface area contributed by atoms with Gasteiger partial charge in [-0.2, -0.15) is 0 Å². The molecule has 1 saturated carbocycles. The van der Waals surface area contributed by atoms with E-state index in [1.807, 2.05) is 14.0 Å². The maximum absolute atomic E-state index is 11.7. The third-order valence-corrected chi connectivity index (χ3v) is 3.56. The predicted molar refractivity (Wildman–Crippen MR) is 62.9 cm³/mol. The van der Waals surface area contributed by atoms with Gasteiger partial charge in [0.25, 0.3) is 0 Å². The van der Waals surface area contributed by atoms with Gasteiger partial charge >= 0.3 is 6.03 Å². The van der Waals surface area contributed by atoms with E-state index >= 15 is 0 Å². The normalized spacial score (nSPS) is 26.1. The van der Waals surface area contributed by atoms with Gasteiger partial charge in [-0.3, -0.25) is 0 Å². The average Bonchev–Trinajstić information content (AvgIpc) is 2.28. The zero-order valence-electron chi connectivity index (χ0n) is 10.3. The van der Waals surface area contributed by atoms with Gasteiger partial charge in [0.15, 0.2) is 0 Å². The van der Waals surface area contributed by atoms with Crippen LogP contribution in [0, 0.1) is 5.92 Å². The van der Waals surface area contributed by atoms with Gasteiger partial charge in [0.2, 0.25) is 0 Å². The van der Waals surface area contributed by atoms with Crippen molar-refractivity contribution < 1.29 is 4.79 Å². The molecule has 0 aromatic heterocycles. The Morgan fingerprint density at radius 3 is 2.60 bits per heavy atom. The Kier molecular flexibility index (Phi) is 4.92. The fourth-order valence-electron chi connectivity index (χ4n) is 2.30. The Bertz CT molecular complexity index is 206. The first kappa shape index (κ1) is 12.3. The lowest BCUT2D eigenvalue weighted by Crippen LogP contribution is -2.47. The molecule has 0 heterocycles. The number of carbonyl (C=O) groups excluding carboxylic acids is 1. The quantitative estimate of drug-likeness (QED) is 0.766. The maximum atomic E-state index is 11.7. The molecule has 1 rings (SSSR count). The molecule has 2 unspecified atom stereocenters. The molecule has 88 valence electrons. The zero-order chi connectivity index (χ0) is 11.3. The van der Waals surface area contributed by atoms with Crippen LogP contribution in [0.5, 0.6) is 0 Å². The summed E-state index contributed by atoms with van der Waals surface area (Å²) < 4.78 is 0. The molecule has 0 spiro atoms. The number of rotatable bonds is 3. The number of carbonyl (C=O) groups is 1. The molecule has 0 saturated heterocycles. The third kappa shape index (κ3) is 3.40. The Labute approximate surface area is 93.2 Å². The maximum Gasteiger partial charge on any atom is 0.317 e. The molecule has 0 aliphatic heterocycles. The first-order valence-corrected chi connectivity index (χ1v) is 6.20. The Morgan fingerprint density at radius 1 is 1.33 bits per heavy atom. The van der Waals surface area contributed by atoms with E-state index < -0.39 is 0 Å². The van der Waals surface area contributed by atoms with Crippen molar-refractivity contribution in [1.29, 1.82) is 0 Å². The van der Waals surface area contributed by atoms with Gasteiger partial charge in [-0.25, -0.2) is 4.79 Å². The second-order valence-corrected chi connectivity index (χ2v) is 4.52. The van der Waals surface area contributed by atoms with Crippen LogP contribution in [0.4, 0.5) is 4.79 Å². The number of amides is 2. The Morgan fingerprint density at radius 2 is 2.00 bits per heavy atom. The van der Waals surface area contributed by atoms with Crippen molar-refractivity contribution in [2.24, 2.45) is 5.92 Å². The number of hydrogen-bond acceptors (Lipinski definition) is 1. The van der Waals surface area contributed by atoms with E-state index in [1.54, 1.807) is 4.90 Å². The lowest BCUT2D eigenvalue weighted by molar-refractivity contribution is 0.190. The van der Waals surface area contributed by atoms with Gasteiger partial charge in [0.05, 0.1) is 0 Å². The van der Waals surface area contributed by atoms with Gasteiger partial charge in [0, 0.05) is 19.6 Å². The Hall–Kier alpha value is -0.730. The van der Waals surface area contributed by atoms with E-state index in [4.69, 9.17) is 0 Å². The van der Waals surface area contributed by atoms with Gasteiger partial charge in [-0.15, -0.1) is 0 Å². The summed E-state index contributed by atoms with van der Waals surface area (Å²) in [7, 11) is 1.85. The molecule has 0 radical (unpaired) electrons. The van der Waals surface area contributed by atoms with Crippen molar-refractivity contribution in [1.82, 2.24) is 10.2 Å². The van der Waals surface area contributed by atoms with Gasteiger partial charge in [-0.05, 0) is 25.7 Å². The minimum absolute atomic E-state index is 0.0860. The number of nitrogens with zero attached hydrogens (tertiary/aromatic N) is 1. The standard InChI is InChI=1S/C12H24N2O/c1-4-10-8-6-7-9-11(10)13-12(15)14(3)5-2/h10-11H,4-9H2,1-3H3,(H,13,15). The van der Waals surface area contributed by atoms with Crippen molar-refractivity contribution in [2.45, 2.75) is 52.0 Å². The molecule has 2 atom stereocenters. The van der Waals surface area contributed by atoms with Crippen LogP contribution in [0.1, 0.15) is 46.0 Å². The van der Waals surface area contributed by atoms with Crippen LogP contribution in [0.15, 0.2) is 0 Å². The average molecular weight is 212 g/mol. The van der Waals surface area contributed by atoms with E-state index in [1.165, 1.54) is 25.7 Å². The summed E-state index contributed by atoms with van der Waals surface area (Å²) in [5.74, 6) is 0.688. The second kappa shape index (κ2) is 5.99. The van der Waals surface area contributed by atoms with Gasteiger partial charge in [-0.1, -0.05) is 26.2 Å². The van der Waals surface area contributed by atoms with Crippen LogP contribution in [0.3, 0.4) is 0 Å². The molecule has 15 heavy (non-hydrogen) atoms. The summed E-state index contributed by atoms with van der Waals surface area (Å²) in [5, 5.41) is 3.16. The molecule has 1 aliphatic rings. The van der Waals surface area contributed by atoms with Crippen molar-refractivity contribution in [3.05, 3.63) is 0 Å². The lowest BCUT2D eigenvalue weighted by Gasteiger charge is -2.32. The van der Waals surface area contributed by atoms with Crippen LogP contribution in [-0.2, 0) is 0 Å². The third-order valence-electron chi connectivity index (χ3n) is 3.56. The van der Waals surface area contributed by atoms with E-state index in [9.17, 15) is 4.79 Å². The number of nitrogens with one attached hydrogen (secondary N) is 1. The van der Waals surface area contributed by atoms with Gasteiger partial charge in [0.1, 0.15) is 0 Å². The highest BCUT2D eigenvalue weighted by molar-refractivity contribution is 5.74. The van der Waals surface area contributed by atoms with Gasteiger partial charge < -0.3 is 10.2 Å². The van der Waals surface area contributed by atoms with Crippen LogP contribution < -0.4 is 5.32 Å². The monoisotopic (exact) mass is 212 g/mol. The van der Waals surface area contributed by atoms with E-state index in [0.29, 0.717) is 12.0 Å². The van der Waals surface area contributed by atoms with Crippen molar-refractivity contribution >= 4 is 6.03 Å². The fourth-order valence-corrected chi connectivity index (χ4v) is 2.30. The SMILES string of the molecule is CCC1CCCCC1NC(=O)N(C)CC. The van der Waals surface area contributed by atoms with Crippen molar-refractivity contribution in [2.75, 3.05) is 13.6 Å². The summed E-state index contributed by atoms with van der Waals surface area (Å²) in [6.07, 6.45) is 6.20. The largest absolute Gasteiger partial charge is 0.335 e. The van der Waals surface area contributed by atoms with Crippen LogP contribution in [0.2, 0.25) is 0 Å². The molecular formula is C12H24N2O. The molecular weight excluding hydrogens is 188 g/mol. The molecule has 2 amide bonds. The van der Waals surface area contributed by atoms with Crippen LogP contribution in [-0.4, -0.2) is 30.6 Å². The first-order valence-electron chi connectivity index (χ1n) is 6.20. The zero-order valence-corrected chi connectivity index (χ0v) is 10.3. The lowest BCUT2D eigenvalue weighted by atomic mass is 9.83. The summed E-state index contributed by atoms with van der Waals surface area (Å²) in [4.78, 5) is 13.5. The molecule has 1 aliphatic carbocycles. The first-order chi connectivity index (χ1) is 7.19. The van der Waals surface area contributed by atoms with Crippen molar-refractivity contribution in [3.8, 4) is 0 Å². The highest BCUT2D eigenvalue weighted by Crippen LogP contribution is 2.26. The van der Waals surface area contributed by atoms with Crippen molar-refractivity contribution in [3.63, 3.8) is 0 Å². The van der Waals surface area contributed by atoms with Crippen LogP contribution >= 0.6 is 0 Å². The molecule has 0 aromatic rings. The summed E-state index contributed by atoms with van der Waals surface area (Å²) in [5.41, 5.74) is 0. The van der Waals surface area contributed by atoms with E-state index in [2.05, 4.69) is 12.2 Å². The predicted octanol–water partition coefficient (Wildman–Crippen LogP) is 2.62. The topological polar surface area (TPSA) is 32.3 Å². The Balaban J connectivity index is 2.44. The molecule has 0 bridgehead atoms. The van der Waals surface area contributed by atoms with Crippen LogP contribution in [0.25, 0.3) is 0 Å². The summed E-state index contributed by atoms with van der Waals surface area (Å²) in [6, 6.07) is 0.494. The molecule has 3 nitrogen and oxygen atoms in total. The molecule has 0 aromatic carbocycles.